The summed E-state index contributed by atoms with van der Waals surface area (Å²) in [6.07, 6.45) is 6.56. The van der Waals surface area contributed by atoms with Gasteiger partial charge in [0.2, 0.25) is 5.91 Å². The summed E-state index contributed by atoms with van der Waals surface area (Å²) in [4.78, 5) is 18.8. The Morgan fingerprint density at radius 3 is 3.05 bits per heavy atom. The molecule has 0 bridgehead atoms. The van der Waals surface area contributed by atoms with E-state index in [1.54, 1.807) is 6.20 Å². The van der Waals surface area contributed by atoms with Gasteiger partial charge < -0.3 is 10.2 Å². The molecule has 1 aromatic rings. The molecule has 1 N–H and O–H groups in total. The minimum Gasteiger partial charge on any atom is -0.333 e. The van der Waals surface area contributed by atoms with E-state index in [2.05, 4.69) is 30.2 Å². The zero-order valence-electron chi connectivity index (χ0n) is 12.9. The second kappa shape index (κ2) is 9.00. The number of nitrogens with zero attached hydrogens (tertiary/aromatic N) is 2. The summed E-state index contributed by atoms with van der Waals surface area (Å²) in [6.45, 7) is 6.83. The van der Waals surface area contributed by atoms with Gasteiger partial charge in [-0.2, -0.15) is 0 Å². The van der Waals surface area contributed by atoms with Crippen molar-refractivity contribution in [2.45, 2.75) is 39.2 Å². The molecule has 1 aromatic heterocycles. The molecule has 5 heteroatoms. The molecule has 0 spiro atoms. The number of aromatic nitrogens is 1. The van der Waals surface area contributed by atoms with E-state index in [4.69, 9.17) is 0 Å². The van der Waals surface area contributed by atoms with E-state index in [1.165, 1.54) is 0 Å². The van der Waals surface area contributed by atoms with Gasteiger partial charge in [-0.25, -0.2) is 0 Å². The Hall–Kier alpha value is -1.13. The molecule has 21 heavy (non-hydrogen) atoms. The van der Waals surface area contributed by atoms with Crippen molar-refractivity contribution >= 4 is 18.3 Å². The van der Waals surface area contributed by atoms with Gasteiger partial charge in [0.25, 0.3) is 0 Å². The molecule has 2 unspecified atom stereocenters. The molecule has 0 radical (unpaired) electrons. The van der Waals surface area contributed by atoms with E-state index < -0.39 is 0 Å². The maximum absolute atomic E-state index is 12.5. The average molecular weight is 312 g/mol. The van der Waals surface area contributed by atoms with Crippen LogP contribution in [0, 0.1) is 5.92 Å². The highest BCUT2D eigenvalue weighted by Crippen LogP contribution is 2.23. The highest BCUT2D eigenvalue weighted by molar-refractivity contribution is 5.85. The van der Waals surface area contributed by atoms with Gasteiger partial charge in [0, 0.05) is 38.4 Å². The Morgan fingerprint density at radius 1 is 1.57 bits per heavy atom. The number of pyridine rings is 1. The van der Waals surface area contributed by atoms with Crippen LogP contribution in [0.5, 0.6) is 0 Å². The standard InChI is InChI=1S/C16H25N3O.ClH/c1-3-5-13(2)10-16(20)19-9-8-18-12-15(19)14-6-4-7-17-11-14;/h4,6-7,11,13,15,18H,3,5,8-10,12H2,1-2H3;1H. The molecular weight excluding hydrogens is 286 g/mol. The van der Waals surface area contributed by atoms with Crippen molar-refractivity contribution in [1.82, 2.24) is 15.2 Å². The average Bonchev–Trinajstić information content (AvgIpc) is 2.48. The van der Waals surface area contributed by atoms with Gasteiger partial charge in [-0.05, 0) is 17.5 Å². The first-order valence-electron chi connectivity index (χ1n) is 7.62. The van der Waals surface area contributed by atoms with Gasteiger partial charge in [-0.15, -0.1) is 12.4 Å². The molecule has 1 saturated heterocycles. The Morgan fingerprint density at radius 2 is 2.38 bits per heavy atom. The van der Waals surface area contributed by atoms with Gasteiger partial charge in [-0.3, -0.25) is 9.78 Å². The number of halogens is 1. The number of nitrogens with one attached hydrogen (secondary N) is 1. The van der Waals surface area contributed by atoms with Crippen molar-refractivity contribution < 1.29 is 4.79 Å². The summed E-state index contributed by atoms with van der Waals surface area (Å²) in [7, 11) is 0. The molecule has 1 aliphatic heterocycles. The number of hydrogen-bond donors (Lipinski definition) is 1. The van der Waals surface area contributed by atoms with Crippen LogP contribution in [-0.2, 0) is 4.79 Å². The zero-order valence-corrected chi connectivity index (χ0v) is 13.7. The third-order valence-corrected chi connectivity index (χ3v) is 3.94. The van der Waals surface area contributed by atoms with Crippen LogP contribution in [0.2, 0.25) is 0 Å². The quantitative estimate of drug-likeness (QED) is 0.909. The minimum atomic E-state index is 0. The second-order valence-electron chi connectivity index (χ2n) is 5.69. The fourth-order valence-electron chi connectivity index (χ4n) is 2.88. The third kappa shape index (κ3) is 4.97. The molecule has 118 valence electrons. The second-order valence-corrected chi connectivity index (χ2v) is 5.69. The van der Waals surface area contributed by atoms with Crippen molar-refractivity contribution in [3.8, 4) is 0 Å². The number of piperazine rings is 1. The lowest BCUT2D eigenvalue weighted by atomic mass is 9.99. The van der Waals surface area contributed by atoms with Crippen LogP contribution in [0.3, 0.4) is 0 Å². The lowest BCUT2D eigenvalue weighted by molar-refractivity contribution is -0.135. The number of hydrogen-bond acceptors (Lipinski definition) is 3. The summed E-state index contributed by atoms with van der Waals surface area (Å²) in [5, 5.41) is 3.37. The molecule has 1 amide bonds. The summed E-state index contributed by atoms with van der Waals surface area (Å²) in [5.41, 5.74) is 1.12. The number of carbonyl (C=O) groups is 1. The summed E-state index contributed by atoms with van der Waals surface area (Å²) in [6, 6.07) is 4.12. The van der Waals surface area contributed by atoms with Gasteiger partial charge in [0.1, 0.15) is 0 Å². The highest BCUT2D eigenvalue weighted by atomic mass is 35.5. The van der Waals surface area contributed by atoms with Crippen molar-refractivity contribution in [2.75, 3.05) is 19.6 Å². The van der Waals surface area contributed by atoms with E-state index in [-0.39, 0.29) is 24.4 Å². The molecule has 0 aliphatic carbocycles. The maximum Gasteiger partial charge on any atom is 0.223 e. The highest BCUT2D eigenvalue weighted by Gasteiger charge is 2.28. The largest absolute Gasteiger partial charge is 0.333 e. The molecule has 1 fully saturated rings. The summed E-state index contributed by atoms with van der Waals surface area (Å²) < 4.78 is 0. The summed E-state index contributed by atoms with van der Waals surface area (Å²) >= 11 is 0. The van der Waals surface area contributed by atoms with E-state index >= 15 is 0 Å². The van der Waals surface area contributed by atoms with Crippen LogP contribution in [0.25, 0.3) is 0 Å². The topological polar surface area (TPSA) is 45.2 Å². The number of amides is 1. The van der Waals surface area contributed by atoms with Gasteiger partial charge in [0.05, 0.1) is 6.04 Å². The van der Waals surface area contributed by atoms with E-state index in [9.17, 15) is 4.79 Å². The van der Waals surface area contributed by atoms with Crippen molar-refractivity contribution in [3.05, 3.63) is 30.1 Å². The van der Waals surface area contributed by atoms with Gasteiger partial charge >= 0.3 is 0 Å². The van der Waals surface area contributed by atoms with E-state index in [0.717, 1.165) is 38.0 Å². The van der Waals surface area contributed by atoms with Crippen LogP contribution in [0.4, 0.5) is 0 Å². The van der Waals surface area contributed by atoms with Crippen LogP contribution in [-0.4, -0.2) is 35.4 Å². The zero-order chi connectivity index (χ0) is 14.4. The normalized spacial score (nSPS) is 19.7. The van der Waals surface area contributed by atoms with E-state index in [1.807, 2.05) is 17.2 Å². The van der Waals surface area contributed by atoms with Gasteiger partial charge in [-0.1, -0.05) is 32.8 Å². The molecule has 4 nitrogen and oxygen atoms in total. The Kier molecular flexibility index (Phi) is 7.68. The van der Waals surface area contributed by atoms with Crippen molar-refractivity contribution in [1.29, 1.82) is 0 Å². The monoisotopic (exact) mass is 311 g/mol. The molecule has 2 rings (SSSR count). The predicted molar refractivity (Wildman–Crippen MR) is 87.5 cm³/mol. The fourth-order valence-corrected chi connectivity index (χ4v) is 2.88. The number of rotatable bonds is 5. The third-order valence-electron chi connectivity index (χ3n) is 3.94. The fraction of sp³-hybridized carbons (Fsp3) is 0.625. The van der Waals surface area contributed by atoms with Crippen LogP contribution < -0.4 is 5.32 Å². The molecule has 2 heterocycles. The SMILES string of the molecule is CCCC(C)CC(=O)N1CCNCC1c1cccnc1.Cl. The van der Waals surface area contributed by atoms with E-state index in [0.29, 0.717) is 12.3 Å². The molecule has 2 atom stereocenters. The molecular formula is C16H26ClN3O. The van der Waals surface area contributed by atoms with Crippen LogP contribution in [0.15, 0.2) is 24.5 Å². The first kappa shape index (κ1) is 17.9. The molecule has 1 aliphatic rings. The molecule has 0 saturated carbocycles. The van der Waals surface area contributed by atoms with Crippen LogP contribution in [0.1, 0.15) is 44.7 Å². The van der Waals surface area contributed by atoms with Gasteiger partial charge in [0.15, 0.2) is 0 Å². The first-order valence-corrected chi connectivity index (χ1v) is 7.62. The van der Waals surface area contributed by atoms with Crippen molar-refractivity contribution in [2.24, 2.45) is 5.92 Å². The first-order chi connectivity index (χ1) is 9.72. The van der Waals surface area contributed by atoms with Crippen molar-refractivity contribution in [3.63, 3.8) is 0 Å². The summed E-state index contributed by atoms with van der Waals surface area (Å²) in [5.74, 6) is 0.748. The Labute approximate surface area is 133 Å². The number of carbonyl (C=O) groups excluding carboxylic acids is 1. The predicted octanol–water partition coefficient (Wildman–Crippen LogP) is 2.80. The lowest BCUT2D eigenvalue weighted by Gasteiger charge is -2.37. The maximum atomic E-state index is 12.5. The molecule has 0 aromatic carbocycles. The lowest BCUT2D eigenvalue weighted by Crippen LogP contribution is -2.49. The Bertz CT molecular complexity index is 427. The smallest absolute Gasteiger partial charge is 0.223 e. The van der Waals surface area contributed by atoms with Crippen LogP contribution >= 0.6 is 12.4 Å². The minimum absolute atomic E-state index is 0. The Balaban J connectivity index is 0.00000220.